The average Bonchev–Trinajstić information content (AvgIpc) is 3.01. The van der Waals surface area contributed by atoms with E-state index in [2.05, 4.69) is 19.4 Å². The van der Waals surface area contributed by atoms with Gasteiger partial charge in [-0.05, 0) is 44.2 Å². The van der Waals surface area contributed by atoms with Gasteiger partial charge in [0, 0.05) is 26.2 Å². The molecule has 4 rings (SSSR count). The highest BCUT2D eigenvalue weighted by Gasteiger charge is 2.21. The van der Waals surface area contributed by atoms with E-state index in [0.29, 0.717) is 19.8 Å². The predicted octanol–water partition coefficient (Wildman–Crippen LogP) is 2.56. The quantitative estimate of drug-likeness (QED) is 0.549. The molecule has 2 aromatic rings. The van der Waals surface area contributed by atoms with E-state index in [-0.39, 0.29) is 11.6 Å². The number of hydrogen-bond acceptors (Lipinski definition) is 7. The predicted molar refractivity (Wildman–Crippen MR) is 102 cm³/mol. The number of hydrogen-bond donors (Lipinski definition) is 0. The van der Waals surface area contributed by atoms with Crippen LogP contribution in [-0.4, -0.2) is 65.3 Å². The van der Waals surface area contributed by atoms with Gasteiger partial charge in [0.05, 0.1) is 19.8 Å². The normalized spacial score (nSPS) is 21.1. The van der Waals surface area contributed by atoms with Crippen LogP contribution in [0.25, 0.3) is 11.2 Å². The van der Waals surface area contributed by atoms with Gasteiger partial charge in [-0.2, -0.15) is 9.97 Å². The van der Waals surface area contributed by atoms with Gasteiger partial charge in [0.1, 0.15) is 5.82 Å². The number of aryl methyl sites for hydroxylation is 2. The Balaban J connectivity index is 1.47. The van der Waals surface area contributed by atoms with E-state index in [1.807, 2.05) is 6.92 Å². The van der Waals surface area contributed by atoms with Crippen molar-refractivity contribution in [1.82, 2.24) is 19.5 Å². The van der Waals surface area contributed by atoms with Crippen LogP contribution in [-0.2, 0) is 20.8 Å². The Morgan fingerprint density at radius 3 is 2.78 bits per heavy atom. The van der Waals surface area contributed by atoms with Crippen molar-refractivity contribution in [2.45, 2.75) is 45.4 Å². The lowest BCUT2D eigenvalue weighted by Crippen LogP contribution is -2.37. The molecule has 0 bridgehead atoms. The van der Waals surface area contributed by atoms with Gasteiger partial charge in [0.25, 0.3) is 0 Å². The van der Waals surface area contributed by atoms with Crippen molar-refractivity contribution >= 4 is 28.6 Å². The number of anilines is 1. The van der Waals surface area contributed by atoms with Gasteiger partial charge < -0.3 is 23.7 Å². The van der Waals surface area contributed by atoms with Crippen molar-refractivity contribution < 1.29 is 14.2 Å². The first kappa shape index (κ1) is 18.9. The van der Waals surface area contributed by atoms with E-state index in [1.54, 1.807) is 0 Å². The summed E-state index contributed by atoms with van der Waals surface area (Å²) in [5.41, 5.74) is 1.58. The van der Waals surface area contributed by atoms with Gasteiger partial charge >= 0.3 is 0 Å². The van der Waals surface area contributed by atoms with Crippen molar-refractivity contribution in [2.24, 2.45) is 0 Å². The minimum atomic E-state index is -0.0518. The van der Waals surface area contributed by atoms with Crippen LogP contribution in [0.15, 0.2) is 0 Å². The standard InChI is InChI=1S/C18H26ClN5O3/c1-13-20-15-16(23-7-11-25-12-8-23)21-18(19)22-17(15)24(13)6-4-10-27-14-5-2-3-9-26-14/h14H,2-12H2,1H3. The number of ether oxygens (including phenoxy) is 3. The number of aromatic nitrogens is 4. The summed E-state index contributed by atoms with van der Waals surface area (Å²) in [6, 6.07) is 0. The zero-order valence-corrected chi connectivity index (χ0v) is 16.5. The first-order chi connectivity index (χ1) is 13.2. The zero-order chi connectivity index (χ0) is 18.6. The lowest BCUT2D eigenvalue weighted by Gasteiger charge is -2.27. The maximum absolute atomic E-state index is 6.22. The molecule has 2 aromatic heterocycles. The van der Waals surface area contributed by atoms with E-state index < -0.39 is 0 Å². The highest BCUT2D eigenvalue weighted by molar-refractivity contribution is 6.28. The molecule has 0 aliphatic carbocycles. The fourth-order valence-corrected chi connectivity index (χ4v) is 3.77. The molecular weight excluding hydrogens is 370 g/mol. The van der Waals surface area contributed by atoms with Crippen molar-refractivity contribution in [3.8, 4) is 0 Å². The molecule has 4 heterocycles. The number of halogens is 1. The van der Waals surface area contributed by atoms with E-state index in [1.165, 1.54) is 6.42 Å². The maximum atomic E-state index is 6.22. The third-order valence-electron chi connectivity index (χ3n) is 5.02. The van der Waals surface area contributed by atoms with Crippen molar-refractivity contribution in [3.63, 3.8) is 0 Å². The summed E-state index contributed by atoms with van der Waals surface area (Å²) in [4.78, 5) is 15.8. The highest BCUT2D eigenvalue weighted by Crippen LogP contribution is 2.26. The molecule has 0 amide bonds. The molecule has 1 unspecified atom stereocenters. The summed E-state index contributed by atoms with van der Waals surface area (Å²) < 4.78 is 19.0. The largest absolute Gasteiger partial charge is 0.378 e. The Morgan fingerprint density at radius 1 is 1.15 bits per heavy atom. The molecule has 2 fully saturated rings. The third-order valence-corrected chi connectivity index (χ3v) is 5.19. The van der Waals surface area contributed by atoms with E-state index in [4.69, 9.17) is 30.8 Å². The van der Waals surface area contributed by atoms with Gasteiger partial charge in [-0.3, -0.25) is 0 Å². The van der Waals surface area contributed by atoms with Crippen LogP contribution in [0.1, 0.15) is 31.5 Å². The van der Waals surface area contributed by atoms with Crippen LogP contribution in [0.4, 0.5) is 5.82 Å². The van der Waals surface area contributed by atoms with Gasteiger partial charge in [-0.25, -0.2) is 4.98 Å². The van der Waals surface area contributed by atoms with E-state index in [9.17, 15) is 0 Å². The SMILES string of the molecule is Cc1nc2c(N3CCOCC3)nc(Cl)nc2n1CCCOC1CCCCO1. The third kappa shape index (κ3) is 4.34. The molecule has 0 spiro atoms. The molecule has 2 aliphatic rings. The smallest absolute Gasteiger partial charge is 0.226 e. The lowest BCUT2D eigenvalue weighted by atomic mass is 10.2. The van der Waals surface area contributed by atoms with Crippen molar-refractivity contribution in [2.75, 3.05) is 44.4 Å². The summed E-state index contributed by atoms with van der Waals surface area (Å²) >= 11 is 6.22. The molecular formula is C18H26ClN5O3. The Hall–Kier alpha value is -1.48. The zero-order valence-electron chi connectivity index (χ0n) is 15.7. The average molecular weight is 396 g/mol. The number of imidazole rings is 1. The molecule has 9 heteroatoms. The molecule has 2 saturated heterocycles. The van der Waals surface area contributed by atoms with Gasteiger partial charge in [0.15, 0.2) is 23.3 Å². The van der Waals surface area contributed by atoms with Crippen LogP contribution in [0.3, 0.4) is 0 Å². The Labute approximate surface area is 163 Å². The summed E-state index contributed by atoms with van der Waals surface area (Å²) in [7, 11) is 0. The van der Waals surface area contributed by atoms with Crippen molar-refractivity contribution in [1.29, 1.82) is 0 Å². The van der Waals surface area contributed by atoms with Gasteiger partial charge in [-0.1, -0.05) is 0 Å². The fraction of sp³-hybridized carbons (Fsp3) is 0.722. The van der Waals surface area contributed by atoms with Crippen LogP contribution < -0.4 is 4.90 Å². The maximum Gasteiger partial charge on any atom is 0.226 e. The lowest BCUT2D eigenvalue weighted by molar-refractivity contribution is -0.162. The number of nitrogens with zero attached hydrogens (tertiary/aromatic N) is 5. The Morgan fingerprint density at radius 2 is 2.00 bits per heavy atom. The van der Waals surface area contributed by atoms with Crippen LogP contribution in [0.5, 0.6) is 0 Å². The Kier molecular flexibility index (Phi) is 6.07. The van der Waals surface area contributed by atoms with Crippen LogP contribution in [0, 0.1) is 6.92 Å². The summed E-state index contributed by atoms with van der Waals surface area (Å²) in [5.74, 6) is 1.70. The molecule has 0 aromatic carbocycles. The number of rotatable bonds is 6. The van der Waals surface area contributed by atoms with Crippen LogP contribution in [0.2, 0.25) is 5.28 Å². The first-order valence-corrected chi connectivity index (χ1v) is 10.1. The minimum Gasteiger partial charge on any atom is -0.378 e. The molecule has 148 valence electrons. The molecule has 0 saturated carbocycles. The number of morpholine rings is 1. The molecule has 0 N–H and O–H groups in total. The second-order valence-corrected chi connectivity index (χ2v) is 7.26. The molecule has 1 atom stereocenters. The highest BCUT2D eigenvalue weighted by atomic mass is 35.5. The molecule has 8 nitrogen and oxygen atoms in total. The van der Waals surface area contributed by atoms with Gasteiger partial charge in [0.2, 0.25) is 5.28 Å². The monoisotopic (exact) mass is 395 g/mol. The van der Waals surface area contributed by atoms with Gasteiger partial charge in [-0.15, -0.1) is 0 Å². The Bertz CT molecular complexity index is 772. The minimum absolute atomic E-state index is 0.0518. The van der Waals surface area contributed by atoms with Crippen LogP contribution >= 0.6 is 11.6 Å². The summed E-state index contributed by atoms with van der Waals surface area (Å²) in [5, 5.41) is 0.247. The summed E-state index contributed by atoms with van der Waals surface area (Å²) in [6.07, 6.45) is 4.10. The van der Waals surface area contributed by atoms with E-state index in [0.717, 1.165) is 68.3 Å². The van der Waals surface area contributed by atoms with Crippen molar-refractivity contribution in [3.05, 3.63) is 11.1 Å². The molecule has 0 radical (unpaired) electrons. The van der Waals surface area contributed by atoms with E-state index >= 15 is 0 Å². The first-order valence-electron chi connectivity index (χ1n) is 9.68. The topological polar surface area (TPSA) is 74.5 Å². The second kappa shape index (κ2) is 8.68. The number of fused-ring (bicyclic) bond motifs is 1. The molecule has 27 heavy (non-hydrogen) atoms. The molecule has 2 aliphatic heterocycles. The second-order valence-electron chi connectivity index (χ2n) is 6.92. The fourth-order valence-electron chi connectivity index (χ4n) is 3.61. The summed E-state index contributed by atoms with van der Waals surface area (Å²) in [6.45, 7) is 7.14.